The van der Waals surface area contributed by atoms with Crippen LogP contribution in [-0.2, 0) is 0 Å². The molecule has 208 valence electrons. The van der Waals surface area contributed by atoms with E-state index < -0.39 is 11.7 Å². The summed E-state index contributed by atoms with van der Waals surface area (Å²) in [5, 5.41) is 3.17. The van der Waals surface area contributed by atoms with Crippen LogP contribution in [-0.4, -0.2) is 73.1 Å². The van der Waals surface area contributed by atoms with Gasteiger partial charge in [0.15, 0.2) is 5.82 Å². The molecular formula is C28H29ClF2N8O. The van der Waals surface area contributed by atoms with Gasteiger partial charge in [-0.3, -0.25) is 14.7 Å². The zero-order chi connectivity index (χ0) is 28.1. The summed E-state index contributed by atoms with van der Waals surface area (Å²) >= 11 is 6.28. The predicted octanol–water partition coefficient (Wildman–Crippen LogP) is 4.83. The highest BCUT2D eigenvalue weighted by molar-refractivity contribution is 6.38. The number of aryl methyl sites for hydroxylation is 1. The van der Waals surface area contributed by atoms with Gasteiger partial charge in [0.2, 0.25) is 11.9 Å². The molecule has 12 heteroatoms. The van der Waals surface area contributed by atoms with Gasteiger partial charge in [0.05, 0.1) is 17.3 Å². The maximum Gasteiger partial charge on any atom is 0.270 e. The molecule has 0 radical (unpaired) electrons. The number of carbonyl (C=O) groups is 1. The molecule has 0 aliphatic carbocycles. The lowest BCUT2D eigenvalue weighted by atomic mass is 10.0. The molecule has 40 heavy (non-hydrogen) atoms. The lowest BCUT2D eigenvalue weighted by Crippen LogP contribution is -2.51. The fraction of sp³-hybridized carbons (Fsp3) is 0.357. The Kier molecular flexibility index (Phi) is 6.79. The molecule has 4 heterocycles. The zero-order valence-corrected chi connectivity index (χ0v) is 23.2. The van der Waals surface area contributed by atoms with Gasteiger partial charge in [-0.25, -0.2) is 18.7 Å². The molecule has 9 nitrogen and oxygen atoms in total. The number of aromatic nitrogens is 2. The Morgan fingerprint density at radius 1 is 1.07 bits per heavy atom. The normalized spacial score (nSPS) is 17.3. The summed E-state index contributed by atoms with van der Waals surface area (Å²) < 4.78 is 30.2. The molecule has 3 aromatic rings. The number of halogens is 3. The molecular weight excluding hydrogens is 538 g/mol. The van der Waals surface area contributed by atoms with E-state index in [9.17, 15) is 9.18 Å². The van der Waals surface area contributed by atoms with Gasteiger partial charge in [0.25, 0.3) is 5.91 Å². The molecule has 2 aromatic carbocycles. The number of para-hydroxylation sites is 1. The third-order valence-corrected chi connectivity index (χ3v) is 7.96. The molecule has 1 fully saturated rings. The number of amides is 1. The second-order valence-corrected chi connectivity index (χ2v) is 10.8. The van der Waals surface area contributed by atoms with Gasteiger partial charge in [-0.2, -0.15) is 4.98 Å². The molecule has 1 aromatic heterocycles. The highest BCUT2D eigenvalue weighted by atomic mass is 35.5. The van der Waals surface area contributed by atoms with Crippen LogP contribution in [0.3, 0.4) is 0 Å². The van der Waals surface area contributed by atoms with Crippen LogP contribution >= 0.6 is 11.6 Å². The highest BCUT2D eigenvalue weighted by Gasteiger charge is 2.41. The minimum Gasteiger partial charge on any atom is -0.369 e. The largest absolute Gasteiger partial charge is 0.369 e. The number of nitrogens with zero attached hydrogens (tertiary/aromatic N) is 7. The summed E-state index contributed by atoms with van der Waals surface area (Å²) in [6, 6.07) is 8.05. The second-order valence-electron chi connectivity index (χ2n) is 10.4. The molecule has 0 saturated carbocycles. The van der Waals surface area contributed by atoms with Crippen molar-refractivity contribution in [2.45, 2.75) is 25.8 Å². The van der Waals surface area contributed by atoms with Crippen molar-refractivity contribution < 1.29 is 13.6 Å². The SMILES string of the molecule is Cc1cc(Nc2ncc3c(n2)N2CCN=C2N(c2c(F)cccc2Cl)C3=O)cc(F)c1N1CCC(N(C)C)CC1. The Hall–Kier alpha value is -3.83. The zero-order valence-electron chi connectivity index (χ0n) is 22.5. The van der Waals surface area contributed by atoms with Crippen molar-refractivity contribution in [1.82, 2.24) is 14.9 Å². The van der Waals surface area contributed by atoms with Crippen LogP contribution in [0.15, 0.2) is 41.5 Å². The second kappa shape index (κ2) is 10.3. The summed E-state index contributed by atoms with van der Waals surface area (Å²) in [4.78, 5) is 34.1. The fourth-order valence-electron chi connectivity index (χ4n) is 5.68. The average molecular weight is 567 g/mol. The van der Waals surface area contributed by atoms with Gasteiger partial charge in [-0.15, -0.1) is 0 Å². The average Bonchev–Trinajstić information content (AvgIpc) is 3.40. The number of carbonyl (C=O) groups excluding carboxylic acids is 1. The van der Waals surface area contributed by atoms with Gasteiger partial charge in [0.1, 0.15) is 22.9 Å². The number of anilines is 5. The summed E-state index contributed by atoms with van der Waals surface area (Å²) in [6.07, 6.45) is 3.35. The smallest absolute Gasteiger partial charge is 0.270 e. The van der Waals surface area contributed by atoms with Gasteiger partial charge >= 0.3 is 0 Å². The number of guanidine groups is 1. The summed E-state index contributed by atoms with van der Waals surface area (Å²) in [5.41, 5.74) is 2.04. The van der Waals surface area contributed by atoms with Crippen molar-refractivity contribution in [2.24, 2.45) is 4.99 Å². The molecule has 3 aliphatic heterocycles. The van der Waals surface area contributed by atoms with Gasteiger partial charge in [-0.05, 0) is 63.7 Å². The molecule has 0 bridgehead atoms. The number of fused-ring (bicyclic) bond motifs is 3. The molecule has 1 saturated heterocycles. The third-order valence-electron chi connectivity index (χ3n) is 7.66. The van der Waals surface area contributed by atoms with Gasteiger partial charge in [0, 0.05) is 37.6 Å². The third kappa shape index (κ3) is 4.52. The topological polar surface area (TPSA) is 80.2 Å². The van der Waals surface area contributed by atoms with Gasteiger partial charge in [-0.1, -0.05) is 17.7 Å². The molecule has 1 amide bonds. The number of benzene rings is 2. The van der Waals surface area contributed by atoms with E-state index in [2.05, 4.69) is 44.2 Å². The summed E-state index contributed by atoms with van der Waals surface area (Å²) in [6.45, 7) is 4.33. The van der Waals surface area contributed by atoms with Crippen LogP contribution in [0.25, 0.3) is 0 Å². The van der Waals surface area contributed by atoms with Crippen molar-refractivity contribution in [3.05, 3.63) is 64.3 Å². The van der Waals surface area contributed by atoms with Crippen LogP contribution in [0, 0.1) is 18.6 Å². The predicted molar refractivity (Wildman–Crippen MR) is 153 cm³/mol. The van der Waals surface area contributed by atoms with Crippen molar-refractivity contribution in [3.8, 4) is 0 Å². The van der Waals surface area contributed by atoms with Crippen LogP contribution < -0.4 is 20.0 Å². The van der Waals surface area contributed by atoms with E-state index in [4.69, 9.17) is 11.6 Å². The van der Waals surface area contributed by atoms with Crippen molar-refractivity contribution >= 4 is 52.3 Å². The Morgan fingerprint density at radius 2 is 1.85 bits per heavy atom. The van der Waals surface area contributed by atoms with E-state index in [0.29, 0.717) is 36.3 Å². The lowest BCUT2D eigenvalue weighted by molar-refractivity contribution is 0.0999. The van der Waals surface area contributed by atoms with Crippen LogP contribution in [0.4, 0.5) is 37.6 Å². The quantitative estimate of drug-likeness (QED) is 0.474. The van der Waals surface area contributed by atoms with E-state index in [1.165, 1.54) is 35.4 Å². The number of rotatable bonds is 5. The number of aliphatic imine (C=N–C) groups is 1. The number of hydrogen-bond acceptors (Lipinski definition) is 8. The maximum atomic E-state index is 15.4. The first-order valence-corrected chi connectivity index (χ1v) is 13.6. The first-order valence-electron chi connectivity index (χ1n) is 13.2. The summed E-state index contributed by atoms with van der Waals surface area (Å²) in [5.74, 6) is -0.687. The molecule has 0 unspecified atom stereocenters. The number of piperidine rings is 1. The Balaban J connectivity index is 1.27. The maximum absolute atomic E-state index is 15.4. The Labute approximate surface area is 236 Å². The van der Waals surface area contributed by atoms with E-state index in [1.807, 2.05) is 13.0 Å². The van der Waals surface area contributed by atoms with E-state index in [-0.39, 0.29) is 34.0 Å². The first kappa shape index (κ1) is 26.4. The van der Waals surface area contributed by atoms with E-state index >= 15 is 4.39 Å². The van der Waals surface area contributed by atoms with Crippen LogP contribution in [0.5, 0.6) is 0 Å². The fourth-order valence-corrected chi connectivity index (χ4v) is 5.92. The molecule has 3 aliphatic rings. The minimum atomic E-state index is -0.638. The molecule has 6 rings (SSSR count). The highest BCUT2D eigenvalue weighted by Crippen LogP contribution is 2.38. The van der Waals surface area contributed by atoms with Crippen molar-refractivity contribution in [2.75, 3.05) is 60.3 Å². The monoisotopic (exact) mass is 566 g/mol. The summed E-state index contributed by atoms with van der Waals surface area (Å²) in [7, 11) is 4.16. The standard InChI is InChI=1S/C28H29ClF2N8O/c1-16-13-17(14-22(31)23(16)37-10-7-18(8-11-37)36(2)3)34-27-33-15-19-25(35-27)38-12-9-32-28(38)39(26(19)40)24-20(29)5-4-6-21(24)30/h4-6,13-15,18H,7-12H2,1-3H3,(H,33,34,35). The van der Waals surface area contributed by atoms with E-state index in [1.54, 1.807) is 4.90 Å². The number of hydrogen-bond donors (Lipinski definition) is 1. The van der Waals surface area contributed by atoms with Crippen molar-refractivity contribution in [1.29, 1.82) is 0 Å². The minimum absolute atomic E-state index is 0.0651. The first-order chi connectivity index (χ1) is 19.2. The Morgan fingerprint density at radius 3 is 2.55 bits per heavy atom. The molecule has 1 N–H and O–H groups in total. The van der Waals surface area contributed by atoms with Crippen LogP contribution in [0.1, 0.15) is 28.8 Å². The Bertz CT molecular complexity index is 1480. The van der Waals surface area contributed by atoms with Gasteiger partial charge < -0.3 is 15.1 Å². The molecule has 0 atom stereocenters. The van der Waals surface area contributed by atoms with Crippen molar-refractivity contribution in [3.63, 3.8) is 0 Å². The van der Waals surface area contributed by atoms with Crippen LogP contribution in [0.2, 0.25) is 5.02 Å². The number of nitrogens with one attached hydrogen (secondary N) is 1. The lowest BCUT2D eigenvalue weighted by Gasteiger charge is -2.37. The van der Waals surface area contributed by atoms with E-state index in [0.717, 1.165) is 31.5 Å². The molecule has 0 spiro atoms.